The summed E-state index contributed by atoms with van der Waals surface area (Å²) >= 11 is 8.99. The maximum atomic E-state index is 13.4. The number of anilines is 1. The molecule has 6 heteroatoms. The first-order chi connectivity index (χ1) is 9.61. The van der Waals surface area contributed by atoms with Crippen LogP contribution >= 0.6 is 27.5 Å². The Bertz CT molecular complexity index is 610. The maximum Gasteiger partial charge on any atom is 0.145 e. The zero-order valence-electron chi connectivity index (χ0n) is 10.8. The minimum atomic E-state index is -0.511. The molecule has 0 saturated carbocycles. The van der Waals surface area contributed by atoms with Crippen LogP contribution in [-0.4, -0.2) is 11.5 Å². The molecule has 0 spiro atoms. The summed E-state index contributed by atoms with van der Waals surface area (Å²) in [6.07, 6.45) is 1.71. The molecule has 20 heavy (non-hydrogen) atoms. The maximum absolute atomic E-state index is 13.4. The summed E-state index contributed by atoms with van der Waals surface area (Å²) < 4.78 is 19.7. The zero-order valence-corrected chi connectivity index (χ0v) is 13.1. The highest BCUT2D eigenvalue weighted by atomic mass is 79.9. The number of hydrogen-bond acceptors (Lipinski definition) is 3. The quantitative estimate of drug-likeness (QED) is 0.789. The summed E-state index contributed by atoms with van der Waals surface area (Å²) in [4.78, 5) is 4.24. The Kier molecular flexibility index (Phi) is 5.20. The topological polar surface area (TPSA) is 34.2 Å². The first-order valence-electron chi connectivity index (χ1n) is 6.07. The van der Waals surface area contributed by atoms with E-state index in [2.05, 4.69) is 26.2 Å². The van der Waals surface area contributed by atoms with E-state index in [4.69, 9.17) is 16.3 Å². The van der Waals surface area contributed by atoms with Gasteiger partial charge in [-0.15, -0.1) is 0 Å². The summed E-state index contributed by atoms with van der Waals surface area (Å²) in [5.41, 5.74) is 0.900. The molecular formula is C14H13BrClFN2O. The summed E-state index contributed by atoms with van der Waals surface area (Å²) in [7, 11) is 0. The predicted molar refractivity (Wildman–Crippen MR) is 81.8 cm³/mol. The number of pyridine rings is 1. The first kappa shape index (κ1) is 15.1. The zero-order chi connectivity index (χ0) is 14.5. The molecule has 0 atom stereocenters. The van der Waals surface area contributed by atoms with Crippen LogP contribution in [0.25, 0.3) is 0 Å². The summed E-state index contributed by atoms with van der Waals surface area (Å²) in [6, 6.07) is 6.47. The van der Waals surface area contributed by atoms with Crippen molar-refractivity contribution in [2.45, 2.75) is 13.5 Å². The molecule has 0 aliphatic carbocycles. The molecule has 3 nitrogen and oxygen atoms in total. The monoisotopic (exact) mass is 358 g/mol. The smallest absolute Gasteiger partial charge is 0.145 e. The van der Waals surface area contributed by atoms with E-state index in [9.17, 15) is 4.39 Å². The number of halogens is 3. The van der Waals surface area contributed by atoms with Gasteiger partial charge < -0.3 is 10.1 Å². The van der Waals surface area contributed by atoms with Crippen molar-refractivity contribution < 1.29 is 9.13 Å². The van der Waals surface area contributed by atoms with Crippen LogP contribution in [0.1, 0.15) is 12.5 Å². The normalized spacial score (nSPS) is 10.4. The number of aromatic nitrogens is 1. The van der Waals surface area contributed by atoms with Crippen LogP contribution in [0.5, 0.6) is 5.75 Å². The third kappa shape index (κ3) is 3.61. The second kappa shape index (κ2) is 6.90. The van der Waals surface area contributed by atoms with Gasteiger partial charge >= 0.3 is 0 Å². The van der Waals surface area contributed by atoms with Gasteiger partial charge in [0.15, 0.2) is 0 Å². The number of nitrogens with one attached hydrogen (secondary N) is 1. The Labute approximate surface area is 130 Å². The van der Waals surface area contributed by atoms with E-state index in [0.717, 1.165) is 17.9 Å². The lowest BCUT2D eigenvalue weighted by molar-refractivity contribution is 0.303. The third-order valence-electron chi connectivity index (χ3n) is 2.59. The van der Waals surface area contributed by atoms with Crippen molar-refractivity contribution in [2.24, 2.45) is 0 Å². The van der Waals surface area contributed by atoms with Gasteiger partial charge in [-0.1, -0.05) is 17.7 Å². The Morgan fingerprint density at radius 1 is 1.45 bits per heavy atom. The van der Waals surface area contributed by atoms with Crippen molar-refractivity contribution in [3.8, 4) is 5.75 Å². The molecule has 106 valence electrons. The average molecular weight is 360 g/mol. The van der Waals surface area contributed by atoms with Crippen LogP contribution < -0.4 is 10.1 Å². The number of hydrogen-bond donors (Lipinski definition) is 1. The Balaban J connectivity index is 2.15. The van der Waals surface area contributed by atoms with Crippen LogP contribution in [0, 0.1) is 5.82 Å². The lowest BCUT2D eigenvalue weighted by Crippen LogP contribution is -2.05. The second-order valence-corrected chi connectivity index (χ2v) is 5.29. The van der Waals surface area contributed by atoms with Crippen molar-refractivity contribution in [3.63, 3.8) is 0 Å². The highest BCUT2D eigenvalue weighted by molar-refractivity contribution is 9.10. The molecule has 1 aromatic carbocycles. The number of ether oxygens (including phenoxy) is 1. The van der Waals surface area contributed by atoms with Gasteiger partial charge in [-0.2, -0.15) is 0 Å². The molecule has 2 rings (SSSR count). The SMILES string of the molecule is CCNc1ncccc1COc1cc(F)c(Cl)cc1Br. The number of benzene rings is 1. The Morgan fingerprint density at radius 2 is 2.25 bits per heavy atom. The van der Waals surface area contributed by atoms with Gasteiger partial charge in [0.05, 0.1) is 9.50 Å². The molecule has 0 fully saturated rings. The van der Waals surface area contributed by atoms with E-state index in [1.807, 2.05) is 19.1 Å². The minimum absolute atomic E-state index is 0.0546. The lowest BCUT2D eigenvalue weighted by Gasteiger charge is -2.12. The summed E-state index contributed by atoms with van der Waals surface area (Å²) in [6.45, 7) is 3.05. The van der Waals surface area contributed by atoms with Gasteiger partial charge in [-0.25, -0.2) is 9.37 Å². The van der Waals surface area contributed by atoms with Gasteiger partial charge in [0.25, 0.3) is 0 Å². The Hall–Kier alpha value is -1.33. The summed E-state index contributed by atoms with van der Waals surface area (Å²) in [5.74, 6) is 0.654. The predicted octanol–water partition coefficient (Wildman–Crippen LogP) is 4.65. The molecule has 1 aromatic heterocycles. The number of nitrogens with zero attached hydrogens (tertiary/aromatic N) is 1. The van der Waals surface area contributed by atoms with Gasteiger partial charge in [0.2, 0.25) is 0 Å². The fourth-order valence-electron chi connectivity index (χ4n) is 1.65. The van der Waals surface area contributed by atoms with Crippen molar-refractivity contribution >= 4 is 33.3 Å². The van der Waals surface area contributed by atoms with E-state index in [-0.39, 0.29) is 11.6 Å². The molecule has 0 aliphatic rings. The molecule has 0 aliphatic heterocycles. The van der Waals surface area contributed by atoms with E-state index in [1.165, 1.54) is 12.1 Å². The first-order valence-corrected chi connectivity index (χ1v) is 7.24. The van der Waals surface area contributed by atoms with Crippen molar-refractivity contribution in [1.29, 1.82) is 0 Å². The molecule has 1 heterocycles. The molecule has 0 radical (unpaired) electrons. The van der Waals surface area contributed by atoms with E-state index < -0.39 is 5.82 Å². The lowest BCUT2D eigenvalue weighted by atomic mass is 10.2. The molecule has 2 aromatic rings. The van der Waals surface area contributed by atoms with Crippen LogP contribution in [-0.2, 0) is 6.61 Å². The molecule has 1 N–H and O–H groups in total. The van der Waals surface area contributed by atoms with Crippen molar-refractivity contribution in [3.05, 3.63) is 51.3 Å². The second-order valence-electron chi connectivity index (χ2n) is 4.03. The number of rotatable bonds is 5. The van der Waals surface area contributed by atoms with Gasteiger partial charge in [-0.3, -0.25) is 0 Å². The molecule has 0 bridgehead atoms. The molecular weight excluding hydrogens is 347 g/mol. The third-order valence-corrected chi connectivity index (χ3v) is 3.50. The van der Waals surface area contributed by atoms with Gasteiger partial charge in [0, 0.05) is 24.4 Å². The van der Waals surface area contributed by atoms with Gasteiger partial charge in [0.1, 0.15) is 24.0 Å². The van der Waals surface area contributed by atoms with Crippen LogP contribution in [0.2, 0.25) is 5.02 Å². The van der Waals surface area contributed by atoms with E-state index in [0.29, 0.717) is 10.2 Å². The van der Waals surface area contributed by atoms with Gasteiger partial charge in [-0.05, 0) is 35.0 Å². The van der Waals surface area contributed by atoms with Crippen molar-refractivity contribution in [2.75, 3.05) is 11.9 Å². The average Bonchev–Trinajstić information content (AvgIpc) is 2.43. The highest BCUT2D eigenvalue weighted by Gasteiger charge is 2.09. The van der Waals surface area contributed by atoms with E-state index in [1.54, 1.807) is 6.20 Å². The largest absolute Gasteiger partial charge is 0.487 e. The highest BCUT2D eigenvalue weighted by Crippen LogP contribution is 2.31. The standard InChI is InChI=1S/C14H13BrClFN2O/c1-2-18-14-9(4-3-5-19-14)8-20-13-7-12(17)11(16)6-10(13)15/h3-7H,2,8H2,1H3,(H,18,19). The fourth-order valence-corrected chi connectivity index (χ4v) is 2.41. The molecule has 0 saturated heterocycles. The fraction of sp³-hybridized carbons (Fsp3) is 0.214. The minimum Gasteiger partial charge on any atom is -0.487 e. The summed E-state index contributed by atoms with van der Waals surface area (Å²) in [5, 5.41) is 3.20. The van der Waals surface area contributed by atoms with Crippen molar-refractivity contribution in [1.82, 2.24) is 4.98 Å². The van der Waals surface area contributed by atoms with Crippen LogP contribution in [0.15, 0.2) is 34.9 Å². The van der Waals surface area contributed by atoms with Crippen LogP contribution in [0.4, 0.5) is 10.2 Å². The van der Waals surface area contributed by atoms with E-state index >= 15 is 0 Å². The van der Waals surface area contributed by atoms with Crippen LogP contribution in [0.3, 0.4) is 0 Å². The Morgan fingerprint density at radius 3 is 3.00 bits per heavy atom. The molecule has 0 amide bonds. The molecule has 0 unspecified atom stereocenters.